The molecule has 1 saturated heterocycles. The number of nitrogens with one attached hydrogen (secondary N) is 1. The van der Waals surface area contributed by atoms with Crippen LogP contribution < -0.4 is 0 Å². The molecular weight excluding hydrogens is 328 g/mol. The SMILES string of the molecule is O=C(c1cn(-c2cccc(Cl)c2)nn1)N1CCCC1c1cn[nH]c1. The zero-order chi connectivity index (χ0) is 16.5. The van der Waals surface area contributed by atoms with Gasteiger partial charge in [0.05, 0.1) is 24.1 Å². The minimum absolute atomic E-state index is 0.0348. The predicted molar refractivity (Wildman–Crippen MR) is 88.0 cm³/mol. The highest BCUT2D eigenvalue weighted by Crippen LogP contribution is 2.32. The van der Waals surface area contributed by atoms with E-state index in [1.165, 1.54) is 0 Å². The van der Waals surface area contributed by atoms with Crippen LogP contribution in [0.4, 0.5) is 0 Å². The van der Waals surface area contributed by atoms with Gasteiger partial charge in [-0.25, -0.2) is 4.68 Å². The van der Waals surface area contributed by atoms with Crippen molar-refractivity contribution < 1.29 is 4.79 Å². The number of H-pyrrole nitrogens is 1. The number of carbonyl (C=O) groups excluding carboxylic acids is 1. The second-order valence-electron chi connectivity index (χ2n) is 5.72. The summed E-state index contributed by atoms with van der Waals surface area (Å²) in [6.45, 7) is 0.707. The van der Waals surface area contributed by atoms with Crippen molar-refractivity contribution in [3.63, 3.8) is 0 Å². The first-order valence-corrected chi connectivity index (χ1v) is 8.08. The molecule has 0 radical (unpaired) electrons. The summed E-state index contributed by atoms with van der Waals surface area (Å²) < 4.78 is 1.56. The van der Waals surface area contributed by atoms with Gasteiger partial charge in [-0.2, -0.15) is 5.10 Å². The Labute approximate surface area is 143 Å². The van der Waals surface area contributed by atoms with E-state index in [1.807, 2.05) is 23.2 Å². The Hall–Kier alpha value is -2.67. The molecule has 0 spiro atoms. The molecule has 1 aliphatic heterocycles. The Morgan fingerprint density at radius 1 is 1.38 bits per heavy atom. The number of aromatic nitrogens is 5. The van der Waals surface area contributed by atoms with E-state index in [4.69, 9.17) is 11.6 Å². The zero-order valence-corrected chi connectivity index (χ0v) is 13.5. The van der Waals surface area contributed by atoms with Crippen molar-refractivity contribution in [2.45, 2.75) is 18.9 Å². The lowest BCUT2D eigenvalue weighted by atomic mass is 10.1. The molecule has 1 unspecified atom stereocenters. The van der Waals surface area contributed by atoms with Crippen LogP contribution in [0.5, 0.6) is 0 Å². The molecule has 0 aliphatic carbocycles. The predicted octanol–water partition coefficient (Wildman–Crippen LogP) is 2.62. The summed E-state index contributed by atoms with van der Waals surface area (Å²) in [6.07, 6.45) is 7.12. The van der Waals surface area contributed by atoms with Gasteiger partial charge >= 0.3 is 0 Å². The number of rotatable bonds is 3. The number of carbonyl (C=O) groups is 1. The Bertz CT molecular complexity index is 859. The summed E-state index contributed by atoms with van der Waals surface area (Å²) >= 11 is 6.00. The zero-order valence-electron chi connectivity index (χ0n) is 12.8. The molecule has 1 N–H and O–H groups in total. The fraction of sp³-hybridized carbons (Fsp3) is 0.250. The minimum Gasteiger partial charge on any atom is -0.330 e. The van der Waals surface area contributed by atoms with Gasteiger partial charge in [-0.05, 0) is 31.0 Å². The van der Waals surface area contributed by atoms with Crippen LogP contribution in [-0.2, 0) is 0 Å². The molecule has 1 atom stereocenters. The van der Waals surface area contributed by atoms with Crippen LogP contribution in [0.2, 0.25) is 5.02 Å². The summed E-state index contributed by atoms with van der Waals surface area (Å²) in [7, 11) is 0. The van der Waals surface area contributed by atoms with Crippen molar-refractivity contribution in [1.82, 2.24) is 30.1 Å². The largest absolute Gasteiger partial charge is 0.330 e. The Kier molecular flexibility index (Phi) is 3.78. The fourth-order valence-electron chi connectivity index (χ4n) is 3.05. The average Bonchev–Trinajstić information content (AvgIpc) is 3.33. The molecule has 24 heavy (non-hydrogen) atoms. The first-order valence-electron chi connectivity index (χ1n) is 7.70. The number of likely N-dealkylation sites (tertiary alicyclic amines) is 1. The smallest absolute Gasteiger partial charge is 0.276 e. The number of aromatic amines is 1. The van der Waals surface area contributed by atoms with Gasteiger partial charge in [-0.15, -0.1) is 5.10 Å². The second kappa shape index (κ2) is 6.09. The minimum atomic E-state index is -0.119. The summed E-state index contributed by atoms with van der Waals surface area (Å²) in [6, 6.07) is 7.28. The Morgan fingerprint density at radius 2 is 2.29 bits per heavy atom. The van der Waals surface area contributed by atoms with Crippen LogP contribution >= 0.6 is 11.6 Å². The molecule has 0 saturated carbocycles. The van der Waals surface area contributed by atoms with E-state index in [-0.39, 0.29) is 11.9 Å². The van der Waals surface area contributed by atoms with Crippen molar-refractivity contribution in [3.05, 3.63) is 59.1 Å². The molecule has 7 nitrogen and oxygen atoms in total. The number of nitrogens with zero attached hydrogens (tertiary/aromatic N) is 5. The maximum atomic E-state index is 12.8. The van der Waals surface area contributed by atoms with E-state index in [9.17, 15) is 4.79 Å². The molecule has 1 aromatic carbocycles. The number of amides is 1. The topological polar surface area (TPSA) is 79.7 Å². The van der Waals surface area contributed by atoms with Crippen LogP contribution in [-0.4, -0.2) is 42.5 Å². The molecular formula is C16H15ClN6O. The molecule has 8 heteroatoms. The fourth-order valence-corrected chi connectivity index (χ4v) is 3.24. The first kappa shape index (κ1) is 14.9. The molecule has 0 bridgehead atoms. The van der Waals surface area contributed by atoms with E-state index < -0.39 is 0 Å². The quantitative estimate of drug-likeness (QED) is 0.793. The lowest BCUT2D eigenvalue weighted by Gasteiger charge is -2.22. The Balaban J connectivity index is 1.59. The molecule has 3 heterocycles. The monoisotopic (exact) mass is 342 g/mol. The molecule has 1 amide bonds. The summed E-state index contributed by atoms with van der Waals surface area (Å²) in [5, 5.41) is 15.5. The van der Waals surface area contributed by atoms with Gasteiger partial charge in [0.2, 0.25) is 0 Å². The van der Waals surface area contributed by atoms with Crippen molar-refractivity contribution in [2.24, 2.45) is 0 Å². The molecule has 1 fully saturated rings. The van der Waals surface area contributed by atoms with Gasteiger partial charge in [-0.1, -0.05) is 22.9 Å². The molecule has 2 aromatic heterocycles. The summed E-state index contributed by atoms with van der Waals surface area (Å²) in [5.74, 6) is -0.119. The van der Waals surface area contributed by atoms with Gasteiger partial charge < -0.3 is 4.90 Å². The Morgan fingerprint density at radius 3 is 3.08 bits per heavy atom. The molecule has 122 valence electrons. The first-order chi connectivity index (χ1) is 11.7. The standard InChI is InChI=1S/C16H15ClN6O/c17-12-3-1-4-13(7-12)23-10-14(20-21-23)16(24)22-6-2-5-15(22)11-8-18-19-9-11/h1,3-4,7-10,15H,2,5-6H2,(H,18,19). The maximum absolute atomic E-state index is 12.8. The summed E-state index contributed by atoms with van der Waals surface area (Å²) in [4.78, 5) is 14.6. The molecule has 4 rings (SSSR count). The van der Waals surface area contributed by atoms with Crippen molar-refractivity contribution in [1.29, 1.82) is 0 Å². The van der Waals surface area contributed by atoms with Crippen molar-refractivity contribution in [2.75, 3.05) is 6.54 Å². The number of hydrogen-bond donors (Lipinski definition) is 1. The van der Waals surface area contributed by atoms with E-state index in [2.05, 4.69) is 20.5 Å². The highest BCUT2D eigenvalue weighted by molar-refractivity contribution is 6.30. The van der Waals surface area contributed by atoms with Crippen molar-refractivity contribution >= 4 is 17.5 Å². The average molecular weight is 343 g/mol. The second-order valence-corrected chi connectivity index (χ2v) is 6.15. The molecule has 3 aromatic rings. The van der Waals surface area contributed by atoms with Crippen LogP contribution in [0.25, 0.3) is 5.69 Å². The van der Waals surface area contributed by atoms with Gasteiger partial charge in [0.1, 0.15) is 0 Å². The number of halogens is 1. The van der Waals surface area contributed by atoms with Crippen LogP contribution in [0, 0.1) is 0 Å². The number of benzene rings is 1. The van der Waals surface area contributed by atoms with Crippen molar-refractivity contribution in [3.8, 4) is 5.69 Å². The van der Waals surface area contributed by atoms with Crippen LogP contribution in [0.3, 0.4) is 0 Å². The van der Waals surface area contributed by atoms with Crippen LogP contribution in [0.1, 0.15) is 34.9 Å². The number of hydrogen-bond acceptors (Lipinski definition) is 4. The third-order valence-electron chi connectivity index (χ3n) is 4.20. The van der Waals surface area contributed by atoms with Crippen LogP contribution in [0.15, 0.2) is 42.9 Å². The van der Waals surface area contributed by atoms with Gasteiger partial charge in [0.25, 0.3) is 5.91 Å². The van der Waals surface area contributed by atoms with E-state index in [0.717, 1.165) is 24.1 Å². The van der Waals surface area contributed by atoms with E-state index in [1.54, 1.807) is 29.2 Å². The van der Waals surface area contributed by atoms with E-state index in [0.29, 0.717) is 17.3 Å². The van der Waals surface area contributed by atoms with E-state index >= 15 is 0 Å². The molecule has 1 aliphatic rings. The summed E-state index contributed by atoms with van der Waals surface area (Å²) in [5.41, 5.74) is 2.11. The maximum Gasteiger partial charge on any atom is 0.276 e. The van der Waals surface area contributed by atoms with Gasteiger partial charge in [-0.3, -0.25) is 9.89 Å². The normalized spacial score (nSPS) is 17.4. The lowest BCUT2D eigenvalue weighted by molar-refractivity contribution is 0.0729. The van der Waals surface area contributed by atoms with Gasteiger partial charge in [0, 0.05) is 23.3 Å². The van der Waals surface area contributed by atoms with Gasteiger partial charge in [0.15, 0.2) is 5.69 Å². The third kappa shape index (κ3) is 2.67. The lowest BCUT2D eigenvalue weighted by Crippen LogP contribution is -2.30. The highest BCUT2D eigenvalue weighted by atomic mass is 35.5. The highest BCUT2D eigenvalue weighted by Gasteiger charge is 2.32. The third-order valence-corrected chi connectivity index (χ3v) is 4.44.